The molecular formula is C26H30N2O5S2. The van der Waals surface area contributed by atoms with Crippen molar-refractivity contribution in [1.82, 2.24) is 5.32 Å². The number of amides is 1. The summed E-state index contributed by atoms with van der Waals surface area (Å²) in [5.41, 5.74) is 2.04. The molecule has 0 radical (unpaired) electrons. The first-order valence-electron chi connectivity index (χ1n) is 11.1. The molecule has 0 unspecified atom stereocenters. The monoisotopic (exact) mass is 514 g/mol. The fourth-order valence-corrected chi connectivity index (χ4v) is 4.90. The normalized spacial score (nSPS) is 12.0. The molecule has 2 N–H and O–H groups in total. The predicted octanol–water partition coefficient (Wildman–Crippen LogP) is 5.17. The Hall–Kier alpha value is -3.17. The van der Waals surface area contributed by atoms with Crippen molar-refractivity contribution >= 4 is 33.4 Å². The van der Waals surface area contributed by atoms with Gasteiger partial charge in [-0.2, -0.15) is 0 Å². The highest BCUT2D eigenvalue weighted by Crippen LogP contribution is 2.25. The van der Waals surface area contributed by atoms with E-state index in [1.54, 1.807) is 49.0 Å². The van der Waals surface area contributed by atoms with Crippen LogP contribution in [0, 0.1) is 6.92 Å². The fourth-order valence-electron chi connectivity index (χ4n) is 3.35. The van der Waals surface area contributed by atoms with Crippen LogP contribution in [0.4, 0.5) is 5.69 Å². The molecule has 0 saturated heterocycles. The van der Waals surface area contributed by atoms with E-state index in [0.29, 0.717) is 29.4 Å². The SMILES string of the molecule is CCOc1ccc(NS(=O)(=O)c2ccc(OCC(=O)N[C@@H](C)c3ccc(SC)cc3)c(C)c2)cc1. The molecule has 0 saturated carbocycles. The van der Waals surface area contributed by atoms with Crippen molar-refractivity contribution in [2.45, 2.75) is 36.6 Å². The van der Waals surface area contributed by atoms with Gasteiger partial charge in [-0.05, 0) is 92.8 Å². The second-order valence-corrected chi connectivity index (χ2v) is 10.4. The van der Waals surface area contributed by atoms with Crippen LogP contribution in [-0.2, 0) is 14.8 Å². The van der Waals surface area contributed by atoms with Crippen LogP contribution in [0.3, 0.4) is 0 Å². The first-order valence-corrected chi connectivity index (χ1v) is 13.8. The van der Waals surface area contributed by atoms with Gasteiger partial charge in [0.15, 0.2) is 6.61 Å². The lowest BCUT2D eigenvalue weighted by molar-refractivity contribution is -0.123. The van der Waals surface area contributed by atoms with Gasteiger partial charge in [0.25, 0.3) is 15.9 Å². The van der Waals surface area contributed by atoms with E-state index in [0.717, 1.165) is 10.5 Å². The molecule has 0 spiro atoms. The summed E-state index contributed by atoms with van der Waals surface area (Å²) in [6.07, 6.45) is 2.01. The van der Waals surface area contributed by atoms with E-state index in [2.05, 4.69) is 10.0 Å². The van der Waals surface area contributed by atoms with Crippen LogP contribution < -0.4 is 19.5 Å². The number of hydrogen-bond acceptors (Lipinski definition) is 6. The first-order chi connectivity index (χ1) is 16.7. The van der Waals surface area contributed by atoms with Crippen LogP contribution in [0.2, 0.25) is 0 Å². The Balaban J connectivity index is 1.58. The number of hydrogen-bond donors (Lipinski definition) is 2. The highest BCUT2D eigenvalue weighted by Gasteiger charge is 2.17. The number of thioether (sulfide) groups is 1. The standard InChI is InChI=1S/C26H30N2O5S2/c1-5-32-22-10-8-21(9-11-22)28-35(30,31)24-14-15-25(18(2)16-24)33-17-26(29)27-19(3)20-6-12-23(34-4)13-7-20/h6-16,19,28H,5,17H2,1-4H3,(H,27,29)/t19-/m0/s1. The second-order valence-electron chi connectivity index (χ2n) is 7.84. The molecule has 3 rings (SSSR count). The summed E-state index contributed by atoms with van der Waals surface area (Å²) >= 11 is 1.66. The van der Waals surface area contributed by atoms with E-state index in [4.69, 9.17) is 9.47 Å². The molecule has 3 aromatic carbocycles. The van der Waals surface area contributed by atoms with Crippen molar-refractivity contribution in [1.29, 1.82) is 0 Å². The summed E-state index contributed by atoms with van der Waals surface area (Å²) in [7, 11) is -3.79. The zero-order valence-electron chi connectivity index (χ0n) is 20.2. The fraction of sp³-hybridized carbons (Fsp3) is 0.269. The largest absolute Gasteiger partial charge is 0.494 e. The molecule has 0 fully saturated rings. The summed E-state index contributed by atoms with van der Waals surface area (Å²) in [5.74, 6) is 0.844. The predicted molar refractivity (Wildman–Crippen MR) is 140 cm³/mol. The molecule has 0 aliphatic carbocycles. The molecule has 35 heavy (non-hydrogen) atoms. The van der Waals surface area contributed by atoms with Crippen molar-refractivity contribution in [3.8, 4) is 11.5 Å². The third kappa shape index (κ3) is 7.40. The Kier molecular flexibility index (Phi) is 9.06. The minimum atomic E-state index is -3.79. The number of carbonyl (C=O) groups excluding carboxylic acids is 1. The Morgan fingerprint density at radius 1 is 1.00 bits per heavy atom. The van der Waals surface area contributed by atoms with E-state index >= 15 is 0 Å². The summed E-state index contributed by atoms with van der Waals surface area (Å²) in [4.78, 5) is 13.6. The summed E-state index contributed by atoms with van der Waals surface area (Å²) in [5, 5.41) is 2.91. The number of aryl methyl sites for hydroxylation is 1. The van der Waals surface area contributed by atoms with E-state index in [1.807, 2.05) is 44.4 Å². The number of benzene rings is 3. The zero-order chi connectivity index (χ0) is 25.4. The Bertz CT molecular complexity index is 1240. The van der Waals surface area contributed by atoms with Gasteiger partial charge in [-0.1, -0.05) is 12.1 Å². The average Bonchev–Trinajstić information content (AvgIpc) is 2.84. The number of nitrogens with one attached hydrogen (secondary N) is 2. The number of ether oxygens (including phenoxy) is 2. The lowest BCUT2D eigenvalue weighted by atomic mass is 10.1. The van der Waals surface area contributed by atoms with Crippen LogP contribution in [0.1, 0.15) is 31.0 Å². The van der Waals surface area contributed by atoms with Crippen molar-refractivity contribution in [2.75, 3.05) is 24.2 Å². The Labute approximate surface area is 211 Å². The lowest BCUT2D eigenvalue weighted by Gasteiger charge is -2.16. The molecule has 186 valence electrons. The Morgan fingerprint density at radius 3 is 2.29 bits per heavy atom. The summed E-state index contributed by atoms with van der Waals surface area (Å²) < 4.78 is 39.2. The maximum absolute atomic E-state index is 12.8. The van der Waals surface area contributed by atoms with Crippen LogP contribution >= 0.6 is 11.8 Å². The minimum Gasteiger partial charge on any atom is -0.494 e. The molecule has 1 atom stereocenters. The van der Waals surface area contributed by atoms with Crippen molar-refractivity contribution in [3.05, 3.63) is 77.9 Å². The maximum atomic E-state index is 12.8. The van der Waals surface area contributed by atoms with Gasteiger partial charge in [-0.3, -0.25) is 9.52 Å². The van der Waals surface area contributed by atoms with Gasteiger partial charge in [0.2, 0.25) is 0 Å². The van der Waals surface area contributed by atoms with E-state index in [-0.39, 0.29) is 23.5 Å². The molecule has 7 nitrogen and oxygen atoms in total. The van der Waals surface area contributed by atoms with Gasteiger partial charge in [0.1, 0.15) is 11.5 Å². The lowest BCUT2D eigenvalue weighted by Crippen LogP contribution is -2.31. The summed E-state index contributed by atoms with van der Waals surface area (Å²) in [6.45, 7) is 5.88. The van der Waals surface area contributed by atoms with Gasteiger partial charge >= 0.3 is 0 Å². The van der Waals surface area contributed by atoms with Gasteiger partial charge in [0, 0.05) is 10.6 Å². The second kappa shape index (κ2) is 12.0. The molecule has 0 aliphatic heterocycles. The highest BCUT2D eigenvalue weighted by molar-refractivity contribution is 7.98. The molecule has 3 aromatic rings. The molecular weight excluding hydrogens is 484 g/mol. The van der Waals surface area contributed by atoms with Gasteiger partial charge < -0.3 is 14.8 Å². The topological polar surface area (TPSA) is 93.7 Å². The molecule has 0 bridgehead atoms. The number of carbonyl (C=O) groups is 1. The van der Waals surface area contributed by atoms with E-state index < -0.39 is 10.0 Å². The van der Waals surface area contributed by atoms with Crippen LogP contribution in [0.25, 0.3) is 0 Å². The number of anilines is 1. The van der Waals surface area contributed by atoms with E-state index in [1.165, 1.54) is 12.1 Å². The molecule has 1 amide bonds. The number of rotatable bonds is 11. The molecule has 0 aromatic heterocycles. The minimum absolute atomic E-state index is 0.1000. The third-order valence-corrected chi connectivity index (χ3v) is 7.35. The molecule has 0 heterocycles. The van der Waals surface area contributed by atoms with Gasteiger partial charge in [-0.25, -0.2) is 8.42 Å². The first kappa shape index (κ1) is 26.4. The third-order valence-electron chi connectivity index (χ3n) is 5.23. The molecule has 0 aliphatic rings. The summed E-state index contributed by atoms with van der Waals surface area (Å²) in [6, 6.07) is 19.1. The quantitative estimate of drug-likeness (QED) is 0.343. The Morgan fingerprint density at radius 2 is 1.69 bits per heavy atom. The highest BCUT2D eigenvalue weighted by atomic mass is 32.2. The van der Waals surface area contributed by atoms with Crippen molar-refractivity contribution in [3.63, 3.8) is 0 Å². The number of sulfonamides is 1. The van der Waals surface area contributed by atoms with Crippen LogP contribution in [0.15, 0.2) is 76.5 Å². The van der Waals surface area contributed by atoms with E-state index in [9.17, 15) is 13.2 Å². The van der Waals surface area contributed by atoms with Crippen molar-refractivity contribution in [2.24, 2.45) is 0 Å². The smallest absolute Gasteiger partial charge is 0.261 e. The van der Waals surface area contributed by atoms with Crippen LogP contribution in [-0.4, -0.2) is 33.8 Å². The average molecular weight is 515 g/mol. The van der Waals surface area contributed by atoms with Gasteiger partial charge in [0.05, 0.1) is 17.5 Å². The van der Waals surface area contributed by atoms with Gasteiger partial charge in [-0.15, -0.1) is 11.8 Å². The maximum Gasteiger partial charge on any atom is 0.261 e. The molecule has 9 heteroatoms. The zero-order valence-corrected chi connectivity index (χ0v) is 21.8. The van der Waals surface area contributed by atoms with Crippen LogP contribution in [0.5, 0.6) is 11.5 Å². The van der Waals surface area contributed by atoms with Crippen molar-refractivity contribution < 1.29 is 22.7 Å².